The molecule has 0 aliphatic rings. The summed E-state index contributed by atoms with van der Waals surface area (Å²) in [6.07, 6.45) is -1.71. The van der Waals surface area contributed by atoms with Gasteiger partial charge in [0.1, 0.15) is 11.4 Å². The van der Waals surface area contributed by atoms with Crippen molar-refractivity contribution in [1.82, 2.24) is 19.5 Å². The summed E-state index contributed by atoms with van der Waals surface area (Å²) in [5.74, 6) is -0.649. The molecule has 158 valence electrons. The summed E-state index contributed by atoms with van der Waals surface area (Å²) >= 11 is 0. The zero-order valence-corrected chi connectivity index (χ0v) is 17.2. The van der Waals surface area contributed by atoms with Gasteiger partial charge >= 0.3 is 6.18 Å². The van der Waals surface area contributed by atoms with Gasteiger partial charge in [-0.2, -0.15) is 18.4 Å². The Morgan fingerprint density at radius 1 is 1.20 bits per heavy atom. The van der Waals surface area contributed by atoms with Crippen LogP contribution in [-0.2, 0) is 23.1 Å². The van der Waals surface area contributed by atoms with Crippen LogP contribution in [-0.4, -0.2) is 33.7 Å². The molecule has 11 heteroatoms. The molecule has 1 unspecified atom stereocenters. The van der Waals surface area contributed by atoms with E-state index in [-0.39, 0.29) is 27.7 Å². The minimum atomic E-state index is -4.63. The third-order valence-corrected chi connectivity index (χ3v) is 6.57. The van der Waals surface area contributed by atoms with Crippen LogP contribution in [0.5, 0.6) is 0 Å². The zero-order chi connectivity index (χ0) is 22.3. The average molecular weight is 437 g/mol. The first-order valence-corrected chi connectivity index (χ1v) is 10.7. The molecule has 0 bridgehead atoms. The van der Waals surface area contributed by atoms with Crippen molar-refractivity contribution < 1.29 is 21.6 Å². The number of hydrogen-bond acceptors (Lipinski definition) is 6. The Morgan fingerprint density at radius 3 is 2.47 bits per heavy atom. The number of fused-ring (bicyclic) bond motifs is 1. The number of rotatable bonds is 5. The topological polar surface area (TPSA) is 102 Å². The summed E-state index contributed by atoms with van der Waals surface area (Å²) < 4.78 is 65.9. The fourth-order valence-electron chi connectivity index (χ4n) is 3.07. The fraction of sp³-hybridized carbons (Fsp3) is 0.368. The number of aromatic nitrogens is 4. The molecule has 0 saturated heterocycles. The van der Waals surface area contributed by atoms with Crippen molar-refractivity contribution in [2.24, 2.45) is 7.05 Å². The largest absolute Gasteiger partial charge is 0.433 e. The highest BCUT2D eigenvalue weighted by Crippen LogP contribution is 2.33. The molecule has 3 rings (SSSR count). The number of nitriles is 1. The summed E-state index contributed by atoms with van der Waals surface area (Å²) in [6.45, 7) is 3.27. The maximum Gasteiger partial charge on any atom is 0.433 e. The fourth-order valence-corrected chi connectivity index (χ4v) is 4.13. The molecule has 0 aliphatic carbocycles. The molecular weight excluding hydrogens is 419 g/mol. The summed E-state index contributed by atoms with van der Waals surface area (Å²) in [4.78, 5) is 11.8. The predicted octanol–water partition coefficient (Wildman–Crippen LogP) is 3.86. The SMILES string of the molecule is CCC(C#N)c1cnc(-c2nc3cc(C(F)(F)F)ncc3n2C)c(S(=O)(=O)CC)c1. The number of alkyl halides is 3. The molecule has 0 aliphatic heterocycles. The molecule has 0 amide bonds. The van der Waals surface area contributed by atoms with E-state index < -0.39 is 27.6 Å². The molecule has 3 aromatic heterocycles. The van der Waals surface area contributed by atoms with Gasteiger partial charge in [0.25, 0.3) is 0 Å². The highest BCUT2D eigenvalue weighted by Gasteiger charge is 2.33. The molecule has 0 N–H and O–H groups in total. The van der Waals surface area contributed by atoms with Crippen molar-refractivity contribution in [3.63, 3.8) is 0 Å². The lowest BCUT2D eigenvalue weighted by Crippen LogP contribution is -2.10. The summed E-state index contributed by atoms with van der Waals surface area (Å²) in [5, 5.41) is 9.31. The smallest absolute Gasteiger partial charge is 0.324 e. The molecule has 7 nitrogen and oxygen atoms in total. The van der Waals surface area contributed by atoms with Crippen molar-refractivity contribution in [2.75, 3.05) is 5.75 Å². The monoisotopic (exact) mass is 437 g/mol. The van der Waals surface area contributed by atoms with Crippen LogP contribution < -0.4 is 0 Å². The molecule has 0 spiro atoms. The van der Waals surface area contributed by atoms with Gasteiger partial charge in [0.15, 0.2) is 15.7 Å². The van der Waals surface area contributed by atoms with Crippen LogP contribution in [0.4, 0.5) is 13.2 Å². The van der Waals surface area contributed by atoms with Gasteiger partial charge in [-0.15, -0.1) is 0 Å². The quantitative estimate of drug-likeness (QED) is 0.601. The van der Waals surface area contributed by atoms with E-state index in [1.807, 2.05) is 0 Å². The summed E-state index contributed by atoms with van der Waals surface area (Å²) in [7, 11) is -2.21. The molecule has 30 heavy (non-hydrogen) atoms. The van der Waals surface area contributed by atoms with E-state index >= 15 is 0 Å². The first kappa shape index (κ1) is 21.7. The second-order valence-electron chi connectivity index (χ2n) is 6.66. The van der Waals surface area contributed by atoms with Crippen molar-refractivity contribution in [3.05, 3.63) is 35.8 Å². The lowest BCUT2D eigenvalue weighted by atomic mass is 10.00. The van der Waals surface area contributed by atoms with Crippen LogP contribution >= 0.6 is 0 Å². The van der Waals surface area contributed by atoms with E-state index in [4.69, 9.17) is 0 Å². The maximum atomic E-state index is 13.0. The lowest BCUT2D eigenvalue weighted by Gasteiger charge is -2.13. The Labute approximate surface area is 171 Å². The van der Waals surface area contributed by atoms with E-state index in [0.29, 0.717) is 17.5 Å². The van der Waals surface area contributed by atoms with Gasteiger partial charge in [0.05, 0.1) is 39.9 Å². The molecule has 0 fully saturated rings. The standard InChI is InChI=1S/C19H18F3N5O2S/c1-4-11(8-23)12-6-15(30(28,29)5-2)17(25-9-12)18-26-13-7-16(19(20,21)22)24-10-14(13)27(18)3/h6-7,9-11H,4-5H2,1-3H3. The maximum absolute atomic E-state index is 13.0. The normalized spacial score (nSPS) is 13.4. The van der Waals surface area contributed by atoms with E-state index in [0.717, 1.165) is 12.3 Å². The second-order valence-corrected chi connectivity index (χ2v) is 8.91. The number of pyridine rings is 2. The van der Waals surface area contributed by atoms with Gasteiger partial charge in [-0.25, -0.2) is 18.4 Å². The number of nitrogens with zero attached hydrogens (tertiary/aromatic N) is 5. The van der Waals surface area contributed by atoms with Crippen molar-refractivity contribution in [2.45, 2.75) is 37.3 Å². The van der Waals surface area contributed by atoms with E-state index in [1.54, 1.807) is 14.0 Å². The molecule has 3 heterocycles. The first-order chi connectivity index (χ1) is 14.0. The zero-order valence-electron chi connectivity index (χ0n) is 16.4. The minimum absolute atomic E-state index is 0.0145. The Bertz CT molecular complexity index is 1260. The van der Waals surface area contributed by atoms with Crippen molar-refractivity contribution in [1.29, 1.82) is 5.26 Å². The van der Waals surface area contributed by atoms with Crippen LogP contribution in [0.15, 0.2) is 29.4 Å². The number of halogens is 3. The van der Waals surface area contributed by atoms with E-state index in [9.17, 15) is 26.9 Å². The second kappa shape index (κ2) is 7.68. The van der Waals surface area contributed by atoms with Crippen LogP contribution in [0.2, 0.25) is 0 Å². The van der Waals surface area contributed by atoms with Crippen molar-refractivity contribution >= 4 is 20.9 Å². The predicted molar refractivity (Wildman–Crippen MR) is 103 cm³/mol. The summed E-state index contributed by atoms with van der Waals surface area (Å²) in [6, 6.07) is 4.32. The Balaban J connectivity index is 2.28. The number of hydrogen-bond donors (Lipinski definition) is 0. The molecular formula is C19H18F3N5O2S. The van der Waals surface area contributed by atoms with E-state index in [2.05, 4.69) is 21.0 Å². The summed E-state index contributed by atoms with van der Waals surface area (Å²) in [5.41, 5.74) is -0.309. The van der Waals surface area contributed by atoms with Gasteiger partial charge in [0.2, 0.25) is 0 Å². The molecule has 0 radical (unpaired) electrons. The third-order valence-electron chi connectivity index (χ3n) is 4.82. The molecule has 0 aromatic carbocycles. The Morgan fingerprint density at radius 2 is 1.90 bits per heavy atom. The molecule has 1 atom stereocenters. The van der Waals surface area contributed by atoms with E-state index in [1.165, 1.54) is 23.8 Å². The Kier molecular flexibility index (Phi) is 5.56. The van der Waals surface area contributed by atoms with Gasteiger partial charge in [0, 0.05) is 13.2 Å². The number of imidazole rings is 1. The molecule has 3 aromatic rings. The highest BCUT2D eigenvalue weighted by atomic mass is 32.2. The molecule has 0 saturated carbocycles. The number of aryl methyl sites for hydroxylation is 1. The lowest BCUT2D eigenvalue weighted by molar-refractivity contribution is -0.141. The number of sulfone groups is 1. The highest BCUT2D eigenvalue weighted by molar-refractivity contribution is 7.91. The van der Waals surface area contributed by atoms with Gasteiger partial charge in [-0.3, -0.25) is 4.98 Å². The third kappa shape index (κ3) is 3.75. The Hall–Kier alpha value is -3.00. The van der Waals surface area contributed by atoms with Crippen molar-refractivity contribution in [3.8, 4) is 17.6 Å². The van der Waals surface area contributed by atoms with Crippen LogP contribution in [0.1, 0.15) is 37.4 Å². The van der Waals surface area contributed by atoms with Crippen LogP contribution in [0, 0.1) is 11.3 Å². The van der Waals surface area contributed by atoms with Gasteiger partial charge in [-0.05, 0) is 24.1 Å². The minimum Gasteiger partial charge on any atom is -0.324 e. The van der Waals surface area contributed by atoms with Crippen LogP contribution in [0.3, 0.4) is 0 Å². The van der Waals surface area contributed by atoms with Crippen LogP contribution in [0.25, 0.3) is 22.6 Å². The van der Waals surface area contributed by atoms with Gasteiger partial charge in [-0.1, -0.05) is 13.8 Å². The average Bonchev–Trinajstić information content (AvgIpc) is 3.04. The van der Waals surface area contributed by atoms with Gasteiger partial charge < -0.3 is 4.57 Å². The first-order valence-electron chi connectivity index (χ1n) is 9.05.